The number of para-hydroxylation sites is 1. The molecule has 0 bridgehead atoms. The summed E-state index contributed by atoms with van der Waals surface area (Å²) in [6, 6.07) is 15.0. The number of hydrogen-bond acceptors (Lipinski definition) is 4. The van der Waals surface area contributed by atoms with Gasteiger partial charge in [0, 0.05) is 34.4 Å². The van der Waals surface area contributed by atoms with Gasteiger partial charge in [0.05, 0.1) is 5.56 Å². The maximum atomic E-state index is 12.4. The predicted octanol–water partition coefficient (Wildman–Crippen LogP) is 4.49. The van der Waals surface area contributed by atoms with E-state index in [1.54, 1.807) is 24.3 Å². The SMILES string of the molecule is CN1/C(=C\C(=O)COC(=O)c2cccc(Br)c2)C(C)(C)c2ccccc21. The van der Waals surface area contributed by atoms with Crippen LogP contribution < -0.4 is 4.90 Å². The number of carbonyl (C=O) groups excluding carboxylic acids is 2. The molecule has 0 saturated carbocycles. The first-order valence-electron chi connectivity index (χ1n) is 8.31. The summed E-state index contributed by atoms with van der Waals surface area (Å²) in [5.74, 6) is -0.753. The molecule has 0 fully saturated rings. The van der Waals surface area contributed by atoms with Crippen LogP contribution in [0.3, 0.4) is 0 Å². The molecule has 5 heteroatoms. The molecular weight excluding hydrogens is 394 g/mol. The Hall–Kier alpha value is -2.40. The van der Waals surface area contributed by atoms with Crippen molar-refractivity contribution in [2.75, 3.05) is 18.6 Å². The zero-order chi connectivity index (χ0) is 18.9. The summed E-state index contributed by atoms with van der Waals surface area (Å²) in [4.78, 5) is 26.5. The monoisotopic (exact) mass is 413 g/mol. The largest absolute Gasteiger partial charge is 0.454 e. The molecule has 0 N–H and O–H groups in total. The van der Waals surface area contributed by atoms with Crippen molar-refractivity contribution in [3.05, 3.63) is 75.9 Å². The van der Waals surface area contributed by atoms with Crippen molar-refractivity contribution in [1.29, 1.82) is 0 Å². The molecule has 1 heterocycles. The summed E-state index contributed by atoms with van der Waals surface area (Å²) in [7, 11) is 1.94. The lowest BCUT2D eigenvalue weighted by molar-refractivity contribution is -0.117. The Morgan fingerprint density at radius 3 is 2.58 bits per heavy atom. The van der Waals surface area contributed by atoms with E-state index in [1.165, 1.54) is 5.56 Å². The van der Waals surface area contributed by atoms with Crippen LogP contribution in [0.15, 0.2) is 64.8 Å². The summed E-state index contributed by atoms with van der Waals surface area (Å²) >= 11 is 3.31. The number of benzene rings is 2. The minimum Gasteiger partial charge on any atom is -0.454 e. The molecule has 0 saturated heterocycles. The molecular formula is C21H20BrNO3. The van der Waals surface area contributed by atoms with Gasteiger partial charge in [0.1, 0.15) is 0 Å². The summed E-state index contributed by atoms with van der Waals surface area (Å²) in [6.45, 7) is 3.89. The molecule has 134 valence electrons. The highest BCUT2D eigenvalue weighted by atomic mass is 79.9. The average Bonchev–Trinajstić information content (AvgIpc) is 2.81. The molecule has 0 amide bonds. The van der Waals surface area contributed by atoms with Gasteiger partial charge in [0.2, 0.25) is 0 Å². The molecule has 0 spiro atoms. The Morgan fingerprint density at radius 2 is 1.88 bits per heavy atom. The van der Waals surface area contributed by atoms with Gasteiger partial charge < -0.3 is 9.64 Å². The van der Waals surface area contributed by atoms with Gasteiger partial charge in [-0.15, -0.1) is 0 Å². The third kappa shape index (κ3) is 3.44. The molecule has 0 atom stereocenters. The minimum atomic E-state index is -0.514. The molecule has 2 aromatic carbocycles. The number of likely N-dealkylation sites (N-methyl/N-ethyl adjacent to an activating group) is 1. The Bertz CT molecular complexity index is 902. The van der Waals surface area contributed by atoms with Crippen molar-refractivity contribution in [2.24, 2.45) is 0 Å². The number of rotatable bonds is 4. The number of ether oxygens (including phenoxy) is 1. The van der Waals surface area contributed by atoms with E-state index in [9.17, 15) is 9.59 Å². The maximum absolute atomic E-state index is 12.4. The van der Waals surface area contributed by atoms with E-state index in [0.717, 1.165) is 15.9 Å². The van der Waals surface area contributed by atoms with E-state index in [1.807, 2.05) is 36.2 Å². The zero-order valence-corrected chi connectivity index (χ0v) is 16.5. The third-order valence-electron chi connectivity index (χ3n) is 4.64. The van der Waals surface area contributed by atoms with Crippen molar-refractivity contribution in [3.8, 4) is 0 Å². The normalized spacial score (nSPS) is 16.5. The van der Waals surface area contributed by atoms with Crippen LogP contribution in [0.4, 0.5) is 5.69 Å². The van der Waals surface area contributed by atoms with Crippen molar-refractivity contribution in [2.45, 2.75) is 19.3 Å². The number of fused-ring (bicyclic) bond motifs is 1. The van der Waals surface area contributed by atoms with Gasteiger partial charge in [-0.05, 0) is 29.8 Å². The van der Waals surface area contributed by atoms with Crippen molar-refractivity contribution >= 4 is 33.4 Å². The van der Waals surface area contributed by atoms with E-state index < -0.39 is 5.97 Å². The molecule has 0 unspecified atom stereocenters. The second kappa shape index (κ2) is 7.08. The first kappa shape index (κ1) is 18.4. The molecule has 1 aliphatic rings. The van der Waals surface area contributed by atoms with Crippen LogP contribution in [0.25, 0.3) is 0 Å². The van der Waals surface area contributed by atoms with Crippen LogP contribution in [0.2, 0.25) is 0 Å². The summed E-state index contributed by atoms with van der Waals surface area (Å²) in [5, 5.41) is 0. The first-order chi connectivity index (χ1) is 12.3. The number of hydrogen-bond donors (Lipinski definition) is 0. The minimum absolute atomic E-state index is 0.240. The van der Waals surface area contributed by atoms with Crippen LogP contribution in [-0.4, -0.2) is 25.4 Å². The molecule has 0 radical (unpaired) electrons. The number of nitrogens with zero attached hydrogens (tertiary/aromatic N) is 1. The van der Waals surface area contributed by atoms with Crippen LogP contribution in [0.1, 0.15) is 29.8 Å². The quantitative estimate of drug-likeness (QED) is 0.547. The lowest BCUT2D eigenvalue weighted by Gasteiger charge is -2.23. The van der Waals surface area contributed by atoms with Gasteiger partial charge in [-0.1, -0.05) is 54.0 Å². The van der Waals surface area contributed by atoms with Gasteiger partial charge >= 0.3 is 5.97 Å². The number of ketones is 1. The lowest BCUT2D eigenvalue weighted by Crippen LogP contribution is -2.25. The molecule has 26 heavy (non-hydrogen) atoms. The van der Waals surface area contributed by atoms with E-state index in [4.69, 9.17) is 4.74 Å². The number of allylic oxidation sites excluding steroid dienone is 1. The number of halogens is 1. The second-order valence-corrected chi connectivity index (χ2v) is 7.70. The van der Waals surface area contributed by atoms with Crippen LogP contribution in [0, 0.1) is 0 Å². The highest BCUT2D eigenvalue weighted by molar-refractivity contribution is 9.10. The first-order valence-corrected chi connectivity index (χ1v) is 9.11. The standard InChI is InChI=1S/C21H20BrNO3/c1-21(2)17-9-4-5-10-18(17)23(3)19(21)12-16(24)13-26-20(25)14-7-6-8-15(22)11-14/h4-12H,13H2,1-3H3/b19-12-. The van der Waals surface area contributed by atoms with Crippen LogP contribution >= 0.6 is 15.9 Å². The van der Waals surface area contributed by atoms with E-state index in [-0.39, 0.29) is 17.8 Å². The summed E-state index contributed by atoms with van der Waals surface area (Å²) in [5.41, 5.74) is 3.28. The molecule has 1 aliphatic heterocycles. The zero-order valence-electron chi connectivity index (χ0n) is 15.0. The van der Waals surface area contributed by atoms with Crippen LogP contribution in [-0.2, 0) is 14.9 Å². The second-order valence-electron chi connectivity index (χ2n) is 6.78. The molecule has 4 nitrogen and oxygen atoms in total. The van der Waals surface area contributed by atoms with Gasteiger partial charge in [-0.2, -0.15) is 0 Å². The Labute approximate surface area is 161 Å². The lowest BCUT2D eigenvalue weighted by atomic mass is 9.83. The average molecular weight is 414 g/mol. The fraction of sp³-hybridized carbons (Fsp3) is 0.238. The summed E-state index contributed by atoms with van der Waals surface area (Å²) < 4.78 is 5.95. The van der Waals surface area contributed by atoms with Gasteiger partial charge in [0.15, 0.2) is 12.4 Å². The van der Waals surface area contributed by atoms with Crippen molar-refractivity contribution in [1.82, 2.24) is 0 Å². The number of carbonyl (C=O) groups is 2. The van der Waals surface area contributed by atoms with Crippen molar-refractivity contribution < 1.29 is 14.3 Å². The van der Waals surface area contributed by atoms with E-state index in [2.05, 4.69) is 35.8 Å². The highest BCUT2D eigenvalue weighted by Crippen LogP contribution is 2.46. The Kier molecular flexibility index (Phi) is 5.01. The molecule has 3 rings (SSSR count). The predicted molar refractivity (Wildman–Crippen MR) is 105 cm³/mol. The maximum Gasteiger partial charge on any atom is 0.338 e. The van der Waals surface area contributed by atoms with E-state index in [0.29, 0.717) is 5.56 Å². The van der Waals surface area contributed by atoms with E-state index >= 15 is 0 Å². The Morgan fingerprint density at radius 1 is 1.15 bits per heavy atom. The van der Waals surface area contributed by atoms with Crippen molar-refractivity contribution in [3.63, 3.8) is 0 Å². The number of esters is 1. The smallest absolute Gasteiger partial charge is 0.338 e. The topological polar surface area (TPSA) is 46.6 Å². The molecule has 0 aromatic heterocycles. The number of anilines is 1. The van der Waals surface area contributed by atoms with Gasteiger partial charge in [0.25, 0.3) is 0 Å². The van der Waals surface area contributed by atoms with Gasteiger partial charge in [-0.25, -0.2) is 4.79 Å². The highest BCUT2D eigenvalue weighted by Gasteiger charge is 2.38. The third-order valence-corrected chi connectivity index (χ3v) is 5.14. The molecule has 2 aromatic rings. The fourth-order valence-electron chi connectivity index (χ4n) is 3.29. The molecule has 0 aliphatic carbocycles. The Balaban J connectivity index is 1.72. The fourth-order valence-corrected chi connectivity index (χ4v) is 3.69. The van der Waals surface area contributed by atoms with Gasteiger partial charge in [-0.3, -0.25) is 4.79 Å². The van der Waals surface area contributed by atoms with Crippen LogP contribution in [0.5, 0.6) is 0 Å². The summed E-state index contributed by atoms with van der Waals surface area (Å²) in [6.07, 6.45) is 1.58.